The van der Waals surface area contributed by atoms with Gasteiger partial charge in [0.2, 0.25) is 0 Å². The molecule has 5 heteroatoms. The normalized spacial score (nSPS) is 24.3. The van der Waals surface area contributed by atoms with Crippen molar-refractivity contribution >= 4 is 5.91 Å². The summed E-state index contributed by atoms with van der Waals surface area (Å²) in [5.41, 5.74) is 0.434. The monoisotopic (exact) mass is 221 g/mol. The second-order valence-electron chi connectivity index (χ2n) is 3.73. The second-order valence-corrected chi connectivity index (χ2v) is 3.73. The molecule has 1 aliphatic rings. The van der Waals surface area contributed by atoms with E-state index >= 15 is 0 Å². The number of rotatable bonds is 3. The Hall–Kier alpha value is -1.46. The van der Waals surface area contributed by atoms with Crippen molar-refractivity contribution in [3.63, 3.8) is 0 Å². The molecule has 2 atom stereocenters. The fourth-order valence-electron chi connectivity index (χ4n) is 1.79. The maximum atomic E-state index is 11.8. The van der Waals surface area contributed by atoms with E-state index in [1.807, 2.05) is 0 Å². The topological polar surface area (TPSA) is 63.2 Å². The lowest BCUT2D eigenvalue weighted by Gasteiger charge is -2.18. The minimum atomic E-state index is -0.156. The average molecular weight is 221 g/mol. The molecule has 86 valence electrons. The molecular weight excluding hydrogens is 206 g/mol. The highest BCUT2D eigenvalue weighted by Crippen LogP contribution is 2.04. The van der Waals surface area contributed by atoms with E-state index in [2.05, 4.69) is 15.6 Å². The first-order valence-electron chi connectivity index (χ1n) is 5.26. The predicted molar refractivity (Wildman–Crippen MR) is 59.2 cm³/mol. The standard InChI is InChI=1S/C11H15N3O2/c1-16-10-7-12-6-9(10)14-11(15)8-4-2-3-5-13-8/h2-5,9-10,12H,6-7H2,1H3,(H,14,15)/t9?,10-/m0/s1. The van der Waals surface area contributed by atoms with Gasteiger partial charge < -0.3 is 15.4 Å². The van der Waals surface area contributed by atoms with Gasteiger partial charge in [0.1, 0.15) is 5.69 Å². The molecule has 5 nitrogen and oxygen atoms in total. The number of nitrogens with one attached hydrogen (secondary N) is 2. The van der Waals surface area contributed by atoms with Gasteiger partial charge in [-0.05, 0) is 12.1 Å². The van der Waals surface area contributed by atoms with E-state index in [1.165, 1.54) is 0 Å². The Kier molecular flexibility index (Phi) is 3.48. The maximum absolute atomic E-state index is 11.8. The van der Waals surface area contributed by atoms with Crippen LogP contribution in [-0.4, -0.2) is 43.2 Å². The van der Waals surface area contributed by atoms with Crippen molar-refractivity contribution < 1.29 is 9.53 Å². The molecule has 16 heavy (non-hydrogen) atoms. The van der Waals surface area contributed by atoms with Crippen molar-refractivity contribution in [3.05, 3.63) is 30.1 Å². The van der Waals surface area contributed by atoms with E-state index in [9.17, 15) is 4.79 Å². The van der Waals surface area contributed by atoms with Gasteiger partial charge in [0.05, 0.1) is 12.1 Å². The third-order valence-corrected chi connectivity index (χ3v) is 2.68. The van der Waals surface area contributed by atoms with Crippen LogP contribution in [0.1, 0.15) is 10.5 Å². The third kappa shape index (κ3) is 2.37. The largest absolute Gasteiger partial charge is 0.378 e. The number of aromatic nitrogens is 1. The first-order valence-corrected chi connectivity index (χ1v) is 5.26. The Bertz CT molecular complexity index is 356. The molecule has 2 N–H and O–H groups in total. The van der Waals surface area contributed by atoms with Gasteiger partial charge in [-0.25, -0.2) is 0 Å². The molecule has 0 radical (unpaired) electrons. The van der Waals surface area contributed by atoms with E-state index in [4.69, 9.17) is 4.74 Å². The summed E-state index contributed by atoms with van der Waals surface area (Å²) in [4.78, 5) is 15.8. The van der Waals surface area contributed by atoms with Gasteiger partial charge in [0, 0.05) is 26.4 Å². The van der Waals surface area contributed by atoms with E-state index in [-0.39, 0.29) is 18.1 Å². The molecular formula is C11H15N3O2. The molecule has 1 aliphatic heterocycles. The summed E-state index contributed by atoms with van der Waals surface area (Å²) in [5, 5.41) is 6.08. The van der Waals surface area contributed by atoms with Gasteiger partial charge in [-0.2, -0.15) is 0 Å². The van der Waals surface area contributed by atoms with Crippen LogP contribution in [0, 0.1) is 0 Å². The molecule has 0 bridgehead atoms. The number of pyridine rings is 1. The summed E-state index contributed by atoms with van der Waals surface area (Å²) in [5.74, 6) is -0.156. The zero-order valence-corrected chi connectivity index (χ0v) is 9.14. The molecule has 0 aliphatic carbocycles. The number of hydrogen-bond acceptors (Lipinski definition) is 4. The summed E-state index contributed by atoms with van der Waals surface area (Å²) in [7, 11) is 1.65. The number of hydrogen-bond donors (Lipinski definition) is 2. The molecule has 1 unspecified atom stereocenters. The Balaban J connectivity index is 1.97. The zero-order chi connectivity index (χ0) is 11.4. The van der Waals surface area contributed by atoms with Crippen molar-refractivity contribution in [3.8, 4) is 0 Å². The minimum absolute atomic E-state index is 0.0134. The van der Waals surface area contributed by atoms with Crippen molar-refractivity contribution in [1.29, 1.82) is 0 Å². The molecule has 2 rings (SSSR count). The Morgan fingerprint density at radius 2 is 2.44 bits per heavy atom. The van der Waals surface area contributed by atoms with Crippen LogP contribution in [0.3, 0.4) is 0 Å². The van der Waals surface area contributed by atoms with Gasteiger partial charge in [0.15, 0.2) is 0 Å². The van der Waals surface area contributed by atoms with Gasteiger partial charge in [-0.3, -0.25) is 9.78 Å². The van der Waals surface area contributed by atoms with Crippen LogP contribution in [-0.2, 0) is 4.74 Å². The number of carbonyl (C=O) groups excluding carboxylic acids is 1. The molecule has 0 aromatic carbocycles. The van der Waals surface area contributed by atoms with Gasteiger partial charge in [-0.1, -0.05) is 6.07 Å². The highest BCUT2D eigenvalue weighted by Gasteiger charge is 2.28. The molecule has 1 amide bonds. The van der Waals surface area contributed by atoms with Crippen LogP contribution in [0.15, 0.2) is 24.4 Å². The third-order valence-electron chi connectivity index (χ3n) is 2.68. The first-order chi connectivity index (χ1) is 7.81. The van der Waals surface area contributed by atoms with E-state index in [0.29, 0.717) is 5.69 Å². The van der Waals surface area contributed by atoms with E-state index in [1.54, 1.807) is 31.5 Å². The summed E-state index contributed by atoms with van der Waals surface area (Å²) < 4.78 is 5.26. The zero-order valence-electron chi connectivity index (χ0n) is 9.14. The number of carbonyl (C=O) groups is 1. The quantitative estimate of drug-likeness (QED) is 0.742. The molecule has 1 aromatic rings. The van der Waals surface area contributed by atoms with Crippen molar-refractivity contribution in [2.24, 2.45) is 0 Å². The fraction of sp³-hybridized carbons (Fsp3) is 0.455. The lowest BCUT2D eigenvalue weighted by atomic mass is 10.2. The van der Waals surface area contributed by atoms with Crippen LogP contribution in [0.25, 0.3) is 0 Å². The lowest BCUT2D eigenvalue weighted by Crippen LogP contribution is -2.43. The fourth-order valence-corrected chi connectivity index (χ4v) is 1.79. The number of methoxy groups -OCH3 is 1. The number of amides is 1. The highest BCUT2D eigenvalue weighted by atomic mass is 16.5. The van der Waals surface area contributed by atoms with Crippen LogP contribution in [0.2, 0.25) is 0 Å². The minimum Gasteiger partial charge on any atom is -0.378 e. The van der Waals surface area contributed by atoms with E-state index < -0.39 is 0 Å². The van der Waals surface area contributed by atoms with Gasteiger partial charge >= 0.3 is 0 Å². The maximum Gasteiger partial charge on any atom is 0.270 e. The van der Waals surface area contributed by atoms with Crippen LogP contribution >= 0.6 is 0 Å². The number of ether oxygens (including phenoxy) is 1. The van der Waals surface area contributed by atoms with Crippen LogP contribution in [0.5, 0.6) is 0 Å². The molecule has 1 saturated heterocycles. The second kappa shape index (κ2) is 5.05. The Labute approximate surface area is 94.2 Å². The molecule has 0 saturated carbocycles. The van der Waals surface area contributed by atoms with Crippen LogP contribution in [0.4, 0.5) is 0 Å². The van der Waals surface area contributed by atoms with Gasteiger partial charge in [-0.15, -0.1) is 0 Å². The highest BCUT2D eigenvalue weighted by molar-refractivity contribution is 5.92. The summed E-state index contributed by atoms with van der Waals surface area (Å²) >= 11 is 0. The SMILES string of the molecule is CO[C@H]1CNCC1NC(=O)c1ccccn1. The molecule has 0 spiro atoms. The van der Waals surface area contributed by atoms with Crippen LogP contribution < -0.4 is 10.6 Å². The van der Waals surface area contributed by atoms with Crippen molar-refractivity contribution in [2.45, 2.75) is 12.1 Å². The first kappa shape index (κ1) is 11.0. The molecule has 2 heterocycles. The molecule has 1 aromatic heterocycles. The summed E-state index contributed by atoms with van der Waals surface area (Å²) in [6, 6.07) is 5.29. The van der Waals surface area contributed by atoms with Crippen molar-refractivity contribution in [2.75, 3.05) is 20.2 Å². The van der Waals surface area contributed by atoms with Gasteiger partial charge in [0.25, 0.3) is 5.91 Å². The summed E-state index contributed by atoms with van der Waals surface area (Å²) in [6.45, 7) is 1.50. The van der Waals surface area contributed by atoms with E-state index in [0.717, 1.165) is 13.1 Å². The Morgan fingerprint density at radius 3 is 3.12 bits per heavy atom. The lowest BCUT2D eigenvalue weighted by molar-refractivity contribution is 0.0776. The average Bonchev–Trinajstić information content (AvgIpc) is 2.77. The summed E-state index contributed by atoms with van der Waals surface area (Å²) in [6.07, 6.45) is 1.64. The predicted octanol–water partition coefficient (Wildman–Crippen LogP) is -0.202. The molecule has 1 fully saturated rings. The Morgan fingerprint density at radius 1 is 1.56 bits per heavy atom. The number of nitrogens with zero attached hydrogens (tertiary/aromatic N) is 1. The smallest absolute Gasteiger partial charge is 0.270 e. The van der Waals surface area contributed by atoms with Crippen molar-refractivity contribution in [1.82, 2.24) is 15.6 Å².